The summed E-state index contributed by atoms with van der Waals surface area (Å²) >= 11 is 0. The molecule has 4 rings (SSSR count). The zero-order valence-electron chi connectivity index (χ0n) is 16.7. The minimum atomic E-state index is -0.525. The summed E-state index contributed by atoms with van der Waals surface area (Å²) in [4.78, 5) is 26.2. The first-order chi connectivity index (χ1) is 14.2. The molecule has 0 radical (unpaired) electrons. The Hall–Kier alpha value is -2.66. The summed E-state index contributed by atoms with van der Waals surface area (Å²) in [7, 11) is 0. The first-order valence-corrected chi connectivity index (χ1v) is 10.5. The monoisotopic (exact) mass is 392 g/mol. The van der Waals surface area contributed by atoms with Crippen LogP contribution in [-0.4, -0.2) is 31.1 Å². The summed E-state index contributed by atoms with van der Waals surface area (Å²) in [5.41, 5.74) is 1.57. The van der Waals surface area contributed by atoms with E-state index in [4.69, 9.17) is 4.74 Å². The summed E-state index contributed by atoms with van der Waals surface area (Å²) in [5, 5.41) is 6.02. The van der Waals surface area contributed by atoms with E-state index >= 15 is 0 Å². The van der Waals surface area contributed by atoms with Crippen molar-refractivity contribution in [2.75, 3.05) is 18.5 Å². The Morgan fingerprint density at radius 2 is 1.69 bits per heavy atom. The number of amides is 2. The van der Waals surface area contributed by atoms with E-state index in [1.165, 1.54) is 0 Å². The molecule has 2 fully saturated rings. The van der Waals surface area contributed by atoms with E-state index < -0.39 is 5.41 Å². The van der Waals surface area contributed by atoms with Crippen molar-refractivity contribution in [3.63, 3.8) is 0 Å². The van der Waals surface area contributed by atoms with E-state index in [-0.39, 0.29) is 17.9 Å². The van der Waals surface area contributed by atoms with Gasteiger partial charge in [-0.25, -0.2) is 0 Å². The predicted molar refractivity (Wildman–Crippen MR) is 113 cm³/mol. The minimum Gasteiger partial charge on any atom is -0.376 e. The number of rotatable bonds is 6. The van der Waals surface area contributed by atoms with Crippen LogP contribution in [0.2, 0.25) is 0 Å². The summed E-state index contributed by atoms with van der Waals surface area (Å²) in [6.45, 7) is 1.25. The minimum absolute atomic E-state index is 0.0272. The Morgan fingerprint density at radius 3 is 2.41 bits per heavy atom. The third-order valence-corrected chi connectivity index (χ3v) is 6.15. The molecule has 2 aliphatic rings. The van der Waals surface area contributed by atoms with E-state index in [0.29, 0.717) is 17.8 Å². The van der Waals surface area contributed by atoms with Crippen molar-refractivity contribution in [1.29, 1.82) is 0 Å². The van der Waals surface area contributed by atoms with Gasteiger partial charge in [0.1, 0.15) is 0 Å². The van der Waals surface area contributed by atoms with Crippen molar-refractivity contribution < 1.29 is 14.3 Å². The number of carbonyl (C=O) groups excluding carboxylic acids is 2. The average Bonchev–Trinajstić information content (AvgIpc) is 3.46. The second-order valence-corrected chi connectivity index (χ2v) is 8.00. The first kappa shape index (κ1) is 19.6. The Kier molecular flexibility index (Phi) is 5.95. The van der Waals surface area contributed by atoms with Crippen molar-refractivity contribution in [2.24, 2.45) is 0 Å². The third kappa shape index (κ3) is 4.20. The van der Waals surface area contributed by atoms with Crippen LogP contribution in [0.3, 0.4) is 0 Å². The average molecular weight is 392 g/mol. The maximum atomic E-state index is 13.4. The maximum absolute atomic E-state index is 13.4. The van der Waals surface area contributed by atoms with Crippen molar-refractivity contribution in [3.8, 4) is 0 Å². The number of para-hydroxylation sites is 1. The molecule has 1 heterocycles. The Morgan fingerprint density at radius 1 is 0.966 bits per heavy atom. The molecule has 0 bridgehead atoms. The normalized spacial score (nSPS) is 20.3. The van der Waals surface area contributed by atoms with Gasteiger partial charge < -0.3 is 15.4 Å². The molecular formula is C24H28N2O3. The van der Waals surface area contributed by atoms with Gasteiger partial charge in [-0.2, -0.15) is 0 Å². The van der Waals surface area contributed by atoms with Gasteiger partial charge in [0.05, 0.1) is 22.8 Å². The van der Waals surface area contributed by atoms with Crippen LogP contribution in [0, 0.1) is 0 Å². The largest absolute Gasteiger partial charge is 0.376 e. The second-order valence-electron chi connectivity index (χ2n) is 8.00. The quantitative estimate of drug-likeness (QED) is 0.779. The Bertz CT molecular complexity index is 853. The van der Waals surface area contributed by atoms with E-state index in [1.54, 1.807) is 12.1 Å². The number of carbonyl (C=O) groups is 2. The number of hydrogen-bond acceptors (Lipinski definition) is 3. The van der Waals surface area contributed by atoms with E-state index in [9.17, 15) is 9.59 Å². The molecule has 1 saturated carbocycles. The molecule has 2 amide bonds. The zero-order chi connectivity index (χ0) is 20.1. The lowest BCUT2D eigenvalue weighted by atomic mass is 9.78. The fourth-order valence-corrected chi connectivity index (χ4v) is 4.52. The van der Waals surface area contributed by atoms with Gasteiger partial charge in [-0.3, -0.25) is 9.59 Å². The fraction of sp³-hybridized carbons (Fsp3) is 0.417. The van der Waals surface area contributed by atoms with Crippen LogP contribution in [0.1, 0.15) is 54.4 Å². The molecule has 0 spiro atoms. The number of benzene rings is 2. The predicted octanol–water partition coefficient (Wildman–Crippen LogP) is 4.05. The molecule has 1 aliphatic heterocycles. The maximum Gasteiger partial charge on any atom is 0.253 e. The fourth-order valence-electron chi connectivity index (χ4n) is 4.52. The number of hydrogen-bond donors (Lipinski definition) is 2. The molecular weight excluding hydrogens is 364 g/mol. The molecule has 0 aromatic heterocycles. The molecule has 1 aliphatic carbocycles. The molecule has 1 saturated heterocycles. The van der Waals surface area contributed by atoms with Crippen LogP contribution in [0.5, 0.6) is 0 Å². The Balaban J connectivity index is 1.51. The lowest BCUT2D eigenvalue weighted by Gasteiger charge is -2.28. The van der Waals surface area contributed by atoms with Crippen molar-refractivity contribution in [2.45, 2.75) is 50.0 Å². The summed E-state index contributed by atoms with van der Waals surface area (Å²) in [6, 6.07) is 17.2. The summed E-state index contributed by atoms with van der Waals surface area (Å²) in [6.07, 6.45) is 5.82. The molecule has 5 nitrogen and oxygen atoms in total. The van der Waals surface area contributed by atoms with Gasteiger partial charge in [-0.05, 0) is 43.4 Å². The van der Waals surface area contributed by atoms with Crippen molar-refractivity contribution >= 4 is 17.5 Å². The van der Waals surface area contributed by atoms with Gasteiger partial charge in [-0.15, -0.1) is 0 Å². The van der Waals surface area contributed by atoms with Gasteiger partial charge in [0.2, 0.25) is 5.91 Å². The molecule has 5 heteroatoms. The third-order valence-electron chi connectivity index (χ3n) is 6.15. The highest BCUT2D eigenvalue weighted by Crippen LogP contribution is 2.42. The number of ether oxygens (including phenoxy) is 1. The second kappa shape index (κ2) is 8.78. The molecule has 152 valence electrons. The van der Waals surface area contributed by atoms with Gasteiger partial charge >= 0.3 is 0 Å². The van der Waals surface area contributed by atoms with Crippen molar-refractivity contribution in [3.05, 3.63) is 65.7 Å². The van der Waals surface area contributed by atoms with Crippen LogP contribution in [0.4, 0.5) is 5.69 Å². The van der Waals surface area contributed by atoms with E-state index in [0.717, 1.165) is 50.7 Å². The molecule has 29 heavy (non-hydrogen) atoms. The van der Waals surface area contributed by atoms with Gasteiger partial charge in [0, 0.05) is 13.2 Å². The summed E-state index contributed by atoms with van der Waals surface area (Å²) < 4.78 is 5.58. The molecule has 1 atom stereocenters. The van der Waals surface area contributed by atoms with Crippen LogP contribution in [0.25, 0.3) is 0 Å². The van der Waals surface area contributed by atoms with Crippen molar-refractivity contribution in [1.82, 2.24) is 5.32 Å². The number of nitrogens with one attached hydrogen (secondary N) is 2. The zero-order valence-corrected chi connectivity index (χ0v) is 16.7. The van der Waals surface area contributed by atoms with Gasteiger partial charge in [0.25, 0.3) is 5.91 Å². The van der Waals surface area contributed by atoms with Gasteiger partial charge in [-0.1, -0.05) is 55.3 Å². The molecule has 2 aromatic rings. The smallest absolute Gasteiger partial charge is 0.253 e. The lowest BCUT2D eigenvalue weighted by molar-refractivity contribution is -0.121. The van der Waals surface area contributed by atoms with E-state index in [1.807, 2.05) is 42.5 Å². The van der Waals surface area contributed by atoms with Crippen LogP contribution in [0.15, 0.2) is 54.6 Å². The van der Waals surface area contributed by atoms with Gasteiger partial charge in [0.15, 0.2) is 0 Å². The number of anilines is 1. The van der Waals surface area contributed by atoms with Crippen LogP contribution >= 0.6 is 0 Å². The highest BCUT2D eigenvalue weighted by molar-refractivity contribution is 6.06. The SMILES string of the molecule is O=C(NC[C@@H]1CCCO1)c1ccccc1NC(=O)C1(c2ccccc2)CCCC1. The van der Waals surface area contributed by atoms with Crippen LogP contribution in [-0.2, 0) is 14.9 Å². The highest BCUT2D eigenvalue weighted by Gasteiger charge is 2.42. The standard InChI is InChI=1S/C24H28N2O3/c27-22(25-17-19-11-8-16-29-19)20-12-4-5-13-21(20)26-23(28)24(14-6-7-15-24)18-9-2-1-3-10-18/h1-5,9-10,12-13,19H,6-8,11,14-17H2,(H,25,27)(H,26,28)/t19-/m0/s1. The van der Waals surface area contributed by atoms with E-state index in [2.05, 4.69) is 10.6 Å². The molecule has 2 aromatic carbocycles. The Labute approximate surface area is 171 Å². The molecule has 0 unspecified atom stereocenters. The van der Waals surface area contributed by atoms with Crippen LogP contribution < -0.4 is 10.6 Å². The highest BCUT2D eigenvalue weighted by atomic mass is 16.5. The first-order valence-electron chi connectivity index (χ1n) is 10.5. The lowest BCUT2D eigenvalue weighted by Crippen LogP contribution is -2.38. The summed E-state index contributed by atoms with van der Waals surface area (Å²) in [5.74, 6) is -0.211. The molecule has 2 N–H and O–H groups in total. The topological polar surface area (TPSA) is 67.4 Å².